The van der Waals surface area contributed by atoms with Gasteiger partial charge < -0.3 is 9.64 Å². The Morgan fingerprint density at radius 1 is 0.969 bits per heavy atom. The highest BCUT2D eigenvalue weighted by Crippen LogP contribution is 2.40. The molecule has 0 unspecified atom stereocenters. The molecule has 1 saturated heterocycles. The summed E-state index contributed by atoms with van der Waals surface area (Å²) in [6.07, 6.45) is 6.02. The van der Waals surface area contributed by atoms with Crippen LogP contribution in [0.3, 0.4) is 0 Å². The van der Waals surface area contributed by atoms with E-state index in [-0.39, 0.29) is 5.91 Å². The SMILES string of the molecule is O=C(CCCCN1CCCCC1)NNC(=O)N1Cc2ccccc2Oc2ccc(Cl)cc21. The fraction of sp³-hybridized carbons (Fsp3) is 0.417. The number of nitrogens with zero attached hydrogens (tertiary/aromatic N) is 2. The number of likely N-dealkylation sites (tertiary alicyclic amines) is 1. The minimum absolute atomic E-state index is 0.199. The number of urea groups is 1. The average molecular weight is 457 g/mol. The molecule has 0 saturated carbocycles. The lowest BCUT2D eigenvalue weighted by atomic mass is 10.1. The van der Waals surface area contributed by atoms with Crippen LogP contribution in [0.15, 0.2) is 42.5 Å². The van der Waals surface area contributed by atoms with Crippen LogP contribution in [0.2, 0.25) is 5.02 Å². The van der Waals surface area contributed by atoms with Crippen molar-refractivity contribution in [1.29, 1.82) is 0 Å². The van der Waals surface area contributed by atoms with E-state index in [1.807, 2.05) is 24.3 Å². The first kappa shape index (κ1) is 22.4. The number of anilines is 1. The molecule has 4 rings (SSSR count). The van der Waals surface area contributed by atoms with Gasteiger partial charge in [-0.25, -0.2) is 10.2 Å². The fourth-order valence-corrected chi connectivity index (χ4v) is 4.30. The summed E-state index contributed by atoms with van der Waals surface area (Å²) >= 11 is 6.18. The summed E-state index contributed by atoms with van der Waals surface area (Å²) in [5.41, 5.74) is 6.48. The van der Waals surface area contributed by atoms with Crippen molar-refractivity contribution in [2.24, 2.45) is 0 Å². The quantitative estimate of drug-likeness (QED) is 0.498. The number of halogens is 1. The van der Waals surface area contributed by atoms with Crippen LogP contribution in [0.5, 0.6) is 11.5 Å². The largest absolute Gasteiger partial charge is 0.455 e. The van der Waals surface area contributed by atoms with E-state index in [1.165, 1.54) is 24.2 Å². The first-order valence-corrected chi connectivity index (χ1v) is 11.6. The second-order valence-corrected chi connectivity index (χ2v) is 8.68. The Labute approximate surface area is 193 Å². The van der Waals surface area contributed by atoms with E-state index in [0.29, 0.717) is 35.2 Å². The highest BCUT2D eigenvalue weighted by Gasteiger charge is 2.26. The maximum Gasteiger partial charge on any atom is 0.341 e. The van der Waals surface area contributed by atoms with Gasteiger partial charge in [-0.15, -0.1) is 0 Å². The second-order valence-electron chi connectivity index (χ2n) is 8.25. The van der Waals surface area contributed by atoms with Gasteiger partial charge in [-0.2, -0.15) is 0 Å². The van der Waals surface area contributed by atoms with Crippen molar-refractivity contribution in [2.75, 3.05) is 24.5 Å². The maximum absolute atomic E-state index is 13.0. The minimum Gasteiger partial charge on any atom is -0.455 e. The Bertz CT molecular complexity index is 962. The van der Waals surface area contributed by atoms with Crippen LogP contribution in [-0.4, -0.2) is 36.5 Å². The standard InChI is InChI=1S/C24H29ClN4O3/c25-19-11-12-22-20(16-19)29(17-18-8-2-3-9-21(18)32-22)24(31)27-26-23(30)10-4-7-15-28-13-5-1-6-14-28/h2-3,8-9,11-12,16H,1,4-7,10,13-15,17H2,(H,26,30)(H,27,31). The normalized spacial score (nSPS) is 15.7. The van der Waals surface area contributed by atoms with Gasteiger partial charge in [0.1, 0.15) is 5.75 Å². The number of ether oxygens (including phenoxy) is 1. The highest BCUT2D eigenvalue weighted by molar-refractivity contribution is 6.31. The third-order valence-corrected chi connectivity index (χ3v) is 6.10. The molecule has 1 fully saturated rings. The molecule has 0 aliphatic carbocycles. The van der Waals surface area contributed by atoms with Gasteiger partial charge in [0.05, 0.1) is 12.2 Å². The first-order chi connectivity index (χ1) is 15.6. The third kappa shape index (κ3) is 5.72. The van der Waals surface area contributed by atoms with E-state index in [1.54, 1.807) is 18.2 Å². The molecule has 0 bridgehead atoms. The molecule has 2 aliphatic heterocycles. The van der Waals surface area contributed by atoms with Crippen LogP contribution < -0.4 is 20.5 Å². The van der Waals surface area contributed by atoms with Gasteiger partial charge in [-0.3, -0.25) is 15.1 Å². The van der Waals surface area contributed by atoms with Crippen LogP contribution in [-0.2, 0) is 11.3 Å². The van der Waals surface area contributed by atoms with Gasteiger partial charge >= 0.3 is 6.03 Å². The molecule has 2 N–H and O–H groups in total. The summed E-state index contributed by atoms with van der Waals surface area (Å²) in [6.45, 7) is 3.65. The van der Waals surface area contributed by atoms with Crippen molar-refractivity contribution in [2.45, 2.75) is 45.1 Å². The molecule has 3 amide bonds. The summed E-state index contributed by atoms with van der Waals surface area (Å²) in [7, 11) is 0. The molecule has 2 heterocycles. The lowest BCUT2D eigenvalue weighted by molar-refractivity contribution is -0.121. The van der Waals surface area contributed by atoms with Crippen LogP contribution in [0.25, 0.3) is 0 Å². The average Bonchev–Trinajstić information content (AvgIpc) is 2.97. The van der Waals surface area contributed by atoms with Gasteiger partial charge in [0.25, 0.3) is 0 Å². The molecule has 0 radical (unpaired) electrons. The number of fused-ring (bicyclic) bond motifs is 2. The molecule has 170 valence electrons. The lowest BCUT2D eigenvalue weighted by Crippen LogP contribution is -2.48. The van der Waals surface area contributed by atoms with E-state index in [2.05, 4.69) is 15.8 Å². The van der Waals surface area contributed by atoms with Gasteiger partial charge in [0.15, 0.2) is 5.75 Å². The Balaban J connectivity index is 1.32. The van der Waals surface area contributed by atoms with Gasteiger partial charge in [-0.1, -0.05) is 36.2 Å². The summed E-state index contributed by atoms with van der Waals surface area (Å²) in [5, 5.41) is 0.494. The molecular weight excluding hydrogens is 428 g/mol. The van der Waals surface area contributed by atoms with E-state index in [4.69, 9.17) is 16.3 Å². The topological polar surface area (TPSA) is 73.9 Å². The van der Waals surface area contributed by atoms with Crippen molar-refractivity contribution >= 4 is 29.2 Å². The van der Waals surface area contributed by atoms with Gasteiger partial charge in [-0.05, 0) is 69.6 Å². The molecule has 2 aliphatic rings. The number of hydrogen-bond acceptors (Lipinski definition) is 4. The summed E-state index contributed by atoms with van der Waals surface area (Å²) < 4.78 is 6.01. The van der Waals surface area contributed by atoms with Gasteiger partial charge in [0, 0.05) is 17.0 Å². The van der Waals surface area contributed by atoms with E-state index < -0.39 is 6.03 Å². The fourth-order valence-electron chi connectivity index (χ4n) is 4.13. The van der Waals surface area contributed by atoms with Crippen molar-refractivity contribution in [3.05, 3.63) is 53.1 Å². The van der Waals surface area contributed by atoms with Gasteiger partial charge in [0.2, 0.25) is 5.91 Å². The number of hydrazine groups is 1. The predicted octanol–water partition coefficient (Wildman–Crippen LogP) is 4.85. The Hall–Kier alpha value is -2.77. The van der Waals surface area contributed by atoms with Crippen molar-refractivity contribution in [1.82, 2.24) is 15.8 Å². The summed E-state index contributed by atoms with van der Waals surface area (Å²) in [5.74, 6) is 1.01. The number of amides is 3. The second kappa shape index (κ2) is 10.7. The van der Waals surface area contributed by atoms with Crippen LogP contribution in [0.4, 0.5) is 10.5 Å². The maximum atomic E-state index is 13.0. The molecule has 7 nitrogen and oxygen atoms in total. The van der Waals surface area contributed by atoms with E-state index in [0.717, 1.165) is 38.0 Å². The molecule has 32 heavy (non-hydrogen) atoms. The zero-order chi connectivity index (χ0) is 22.3. The van der Waals surface area contributed by atoms with Crippen LogP contribution >= 0.6 is 11.6 Å². The van der Waals surface area contributed by atoms with E-state index >= 15 is 0 Å². The first-order valence-electron chi connectivity index (χ1n) is 11.2. The van der Waals surface area contributed by atoms with Crippen molar-refractivity contribution < 1.29 is 14.3 Å². The van der Waals surface area contributed by atoms with Crippen LogP contribution in [0.1, 0.15) is 44.1 Å². The molecule has 0 spiro atoms. The summed E-state index contributed by atoms with van der Waals surface area (Å²) in [6, 6.07) is 12.2. The number of hydrogen-bond donors (Lipinski definition) is 2. The van der Waals surface area contributed by atoms with Crippen molar-refractivity contribution in [3.63, 3.8) is 0 Å². The predicted molar refractivity (Wildman–Crippen MR) is 125 cm³/mol. The molecule has 2 aromatic carbocycles. The van der Waals surface area contributed by atoms with Crippen LogP contribution in [0, 0.1) is 0 Å². The lowest BCUT2D eigenvalue weighted by Gasteiger charge is -2.26. The zero-order valence-corrected chi connectivity index (χ0v) is 18.9. The monoisotopic (exact) mass is 456 g/mol. The molecule has 0 atom stereocenters. The van der Waals surface area contributed by atoms with Crippen molar-refractivity contribution in [3.8, 4) is 11.5 Å². The molecule has 0 aromatic heterocycles. The Morgan fingerprint density at radius 2 is 1.78 bits per heavy atom. The molecular formula is C24H29ClN4O3. The summed E-state index contributed by atoms with van der Waals surface area (Å²) in [4.78, 5) is 29.2. The Morgan fingerprint density at radius 3 is 2.62 bits per heavy atom. The minimum atomic E-state index is -0.449. The number of carbonyl (C=O) groups excluding carboxylic acids is 2. The third-order valence-electron chi connectivity index (χ3n) is 5.86. The van der Waals surface area contributed by atoms with E-state index in [9.17, 15) is 9.59 Å². The number of benzene rings is 2. The number of rotatable bonds is 5. The smallest absolute Gasteiger partial charge is 0.341 e. The Kier molecular flexibility index (Phi) is 7.50. The number of unbranched alkanes of at least 4 members (excludes halogenated alkanes) is 1. The number of para-hydroxylation sites is 1. The molecule has 2 aromatic rings. The zero-order valence-electron chi connectivity index (χ0n) is 18.1. The number of carbonyl (C=O) groups is 2. The molecule has 8 heteroatoms. The number of nitrogens with one attached hydrogen (secondary N) is 2. The highest BCUT2D eigenvalue weighted by atomic mass is 35.5. The number of piperidine rings is 1.